The summed E-state index contributed by atoms with van der Waals surface area (Å²) >= 11 is 0. The Hall–Kier alpha value is -4.19. The van der Waals surface area contributed by atoms with Crippen LogP contribution in [0.1, 0.15) is 23.0 Å². The minimum Gasteiger partial charge on any atom is -0.484 e. The second-order valence-electron chi connectivity index (χ2n) is 7.36. The Morgan fingerprint density at radius 3 is 2.50 bits per heavy atom. The number of hydrogen-bond acceptors (Lipinski definition) is 5. The zero-order valence-corrected chi connectivity index (χ0v) is 17.7. The maximum absolute atomic E-state index is 13.0. The summed E-state index contributed by atoms with van der Waals surface area (Å²) in [5.74, 6) is 0.456. The molecule has 1 aromatic heterocycles. The Bertz CT molecular complexity index is 1370. The van der Waals surface area contributed by atoms with E-state index in [0.717, 1.165) is 5.56 Å². The number of hydrogen-bond donors (Lipinski definition) is 1. The molecule has 6 heteroatoms. The van der Waals surface area contributed by atoms with E-state index >= 15 is 0 Å². The Balaban J connectivity index is 1.51. The van der Waals surface area contributed by atoms with Crippen molar-refractivity contribution < 1.29 is 18.7 Å². The van der Waals surface area contributed by atoms with Crippen LogP contribution in [-0.4, -0.2) is 18.3 Å². The van der Waals surface area contributed by atoms with Crippen LogP contribution >= 0.6 is 0 Å². The normalized spacial score (nSPS) is 10.7. The monoisotopic (exact) mass is 427 g/mol. The number of fused-ring (bicyclic) bond motifs is 1. The van der Waals surface area contributed by atoms with Gasteiger partial charge in [0, 0.05) is 17.3 Å². The largest absolute Gasteiger partial charge is 0.484 e. The van der Waals surface area contributed by atoms with Gasteiger partial charge in [0.25, 0.3) is 5.91 Å². The predicted octanol–water partition coefficient (Wildman–Crippen LogP) is 4.99. The van der Waals surface area contributed by atoms with E-state index in [0.29, 0.717) is 39.3 Å². The molecule has 160 valence electrons. The number of nitrogens with one attached hydrogen (secondary N) is 1. The molecule has 0 aliphatic rings. The molecular weight excluding hydrogens is 406 g/mol. The average Bonchev–Trinajstić information content (AvgIpc) is 2.78. The number of ether oxygens (including phenoxy) is 1. The number of aryl methyl sites for hydroxylation is 1. The van der Waals surface area contributed by atoms with Crippen molar-refractivity contribution in [3.8, 4) is 16.9 Å². The third-order valence-electron chi connectivity index (χ3n) is 5.03. The van der Waals surface area contributed by atoms with E-state index < -0.39 is 0 Å². The van der Waals surface area contributed by atoms with Gasteiger partial charge in [-0.2, -0.15) is 0 Å². The number of ketones is 1. The molecule has 0 atom stereocenters. The molecule has 0 aliphatic carbocycles. The number of Topliss-reactive ketones (excluding diaryl/α,β-unsaturated/α-hetero) is 1. The van der Waals surface area contributed by atoms with Crippen molar-refractivity contribution in [1.82, 2.24) is 0 Å². The van der Waals surface area contributed by atoms with Crippen LogP contribution in [0.15, 0.2) is 82.0 Å². The quantitative estimate of drug-likeness (QED) is 0.438. The van der Waals surface area contributed by atoms with Crippen LogP contribution in [0, 0.1) is 6.92 Å². The maximum atomic E-state index is 13.0. The topological polar surface area (TPSA) is 85.6 Å². The van der Waals surface area contributed by atoms with Crippen molar-refractivity contribution in [2.24, 2.45) is 0 Å². The standard InChI is InChI=1S/C26H21NO5/c1-16(28)19-9-6-10-20(13-19)27-24(29)15-31-21-11-12-22-23(14-21)32-17(2)25(26(22)30)18-7-4-3-5-8-18/h3-14H,15H2,1-2H3,(H,27,29). The molecule has 4 rings (SSSR count). The molecule has 0 fully saturated rings. The number of amides is 1. The highest BCUT2D eigenvalue weighted by Crippen LogP contribution is 2.26. The lowest BCUT2D eigenvalue weighted by molar-refractivity contribution is -0.118. The number of carbonyl (C=O) groups is 2. The minimum atomic E-state index is -0.372. The lowest BCUT2D eigenvalue weighted by atomic mass is 10.0. The summed E-state index contributed by atoms with van der Waals surface area (Å²) in [6.45, 7) is 2.98. The first-order valence-corrected chi connectivity index (χ1v) is 10.1. The molecule has 0 saturated carbocycles. The second-order valence-corrected chi connectivity index (χ2v) is 7.36. The fourth-order valence-corrected chi connectivity index (χ4v) is 3.48. The Morgan fingerprint density at radius 2 is 1.75 bits per heavy atom. The molecule has 4 aromatic rings. The molecule has 1 heterocycles. The van der Waals surface area contributed by atoms with E-state index in [1.807, 2.05) is 30.3 Å². The summed E-state index contributed by atoms with van der Waals surface area (Å²) in [5, 5.41) is 3.14. The molecule has 0 unspecified atom stereocenters. The van der Waals surface area contributed by atoms with Crippen molar-refractivity contribution in [2.45, 2.75) is 13.8 Å². The predicted molar refractivity (Wildman–Crippen MR) is 123 cm³/mol. The zero-order chi connectivity index (χ0) is 22.7. The summed E-state index contributed by atoms with van der Waals surface area (Å²) in [7, 11) is 0. The fraction of sp³-hybridized carbons (Fsp3) is 0.115. The number of anilines is 1. The van der Waals surface area contributed by atoms with Gasteiger partial charge in [0.2, 0.25) is 5.43 Å². The molecule has 0 spiro atoms. The molecule has 0 saturated heterocycles. The zero-order valence-electron chi connectivity index (χ0n) is 17.7. The fourth-order valence-electron chi connectivity index (χ4n) is 3.48. The van der Waals surface area contributed by atoms with Gasteiger partial charge >= 0.3 is 0 Å². The van der Waals surface area contributed by atoms with Crippen LogP contribution < -0.4 is 15.5 Å². The summed E-state index contributed by atoms with van der Waals surface area (Å²) in [6.07, 6.45) is 0. The molecule has 6 nitrogen and oxygen atoms in total. The average molecular weight is 427 g/mol. The number of carbonyl (C=O) groups excluding carboxylic acids is 2. The molecular formula is C26H21NO5. The number of benzene rings is 3. The Morgan fingerprint density at radius 1 is 0.969 bits per heavy atom. The van der Waals surface area contributed by atoms with Crippen molar-refractivity contribution >= 4 is 28.3 Å². The highest BCUT2D eigenvalue weighted by molar-refractivity contribution is 5.97. The first-order valence-electron chi connectivity index (χ1n) is 10.1. The third kappa shape index (κ3) is 4.44. The van der Waals surface area contributed by atoms with Crippen LogP contribution in [-0.2, 0) is 4.79 Å². The van der Waals surface area contributed by atoms with E-state index in [2.05, 4.69) is 5.32 Å². The first kappa shape index (κ1) is 21.1. The molecule has 0 bridgehead atoms. The van der Waals surface area contributed by atoms with E-state index in [1.54, 1.807) is 49.4 Å². The van der Waals surface area contributed by atoms with Crippen LogP contribution in [0.2, 0.25) is 0 Å². The van der Waals surface area contributed by atoms with E-state index in [1.165, 1.54) is 6.92 Å². The van der Waals surface area contributed by atoms with Crippen molar-refractivity contribution in [3.63, 3.8) is 0 Å². The van der Waals surface area contributed by atoms with E-state index in [-0.39, 0.29) is 23.7 Å². The molecule has 0 radical (unpaired) electrons. The van der Waals surface area contributed by atoms with Gasteiger partial charge in [-0.25, -0.2) is 0 Å². The summed E-state index contributed by atoms with van der Waals surface area (Å²) < 4.78 is 11.5. The summed E-state index contributed by atoms with van der Waals surface area (Å²) in [6, 6.07) is 20.9. The minimum absolute atomic E-state index is 0.0827. The highest BCUT2D eigenvalue weighted by atomic mass is 16.5. The Kier molecular flexibility index (Phi) is 5.85. The van der Waals surface area contributed by atoms with E-state index in [4.69, 9.17) is 9.15 Å². The van der Waals surface area contributed by atoms with Gasteiger partial charge in [0.05, 0.1) is 10.9 Å². The van der Waals surface area contributed by atoms with Crippen LogP contribution in [0.5, 0.6) is 5.75 Å². The summed E-state index contributed by atoms with van der Waals surface area (Å²) in [4.78, 5) is 36.7. The lowest BCUT2D eigenvalue weighted by Crippen LogP contribution is -2.20. The van der Waals surface area contributed by atoms with Gasteiger partial charge in [-0.3, -0.25) is 14.4 Å². The van der Waals surface area contributed by atoms with Crippen molar-refractivity contribution in [1.29, 1.82) is 0 Å². The molecule has 3 aromatic carbocycles. The van der Waals surface area contributed by atoms with Gasteiger partial charge in [-0.15, -0.1) is 0 Å². The van der Waals surface area contributed by atoms with Gasteiger partial charge in [0.15, 0.2) is 12.4 Å². The smallest absolute Gasteiger partial charge is 0.262 e. The maximum Gasteiger partial charge on any atom is 0.262 e. The highest BCUT2D eigenvalue weighted by Gasteiger charge is 2.14. The van der Waals surface area contributed by atoms with Crippen LogP contribution in [0.4, 0.5) is 5.69 Å². The Labute approximate surface area is 184 Å². The molecule has 1 N–H and O–H groups in total. The van der Waals surface area contributed by atoms with Gasteiger partial charge in [0.1, 0.15) is 17.1 Å². The SMILES string of the molecule is CC(=O)c1cccc(NC(=O)COc2ccc3c(=O)c(-c4ccccc4)c(C)oc3c2)c1. The lowest BCUT2D eigenvalue weighted by Gasteiger charge is -2.10. The van der Waals surface area contributed by atoms with Gasteiger partial charge in [-0.05, 0) is 43.7 Å². The van der Waals surface area contributed by atoms with Gasteiger partial charge < -0.3 is 14.5 Å². The third-order valence-corrected chi connectivity index (χ3v) is 5.03. The van der Waals surface area contributed by atoms with Crippen LogP contribution in [0.3, 0.4) is 0 Å². The first-order chi connectivity index (χ1) is 15.4. The summed E-state index contributed by atoms with van der Waals surface area (Å²) in [5.41, 5.74) is 2.62. The molecule has 1 amide bonds. The number of rotatable bonds is 6. The molecule has 0 aliphatic heterocycles. The van der Waals surface area contributed by atoms with Gasteiger partial charge in [-0.1, -0.05) is 42.5 Å². The van der Waals surface area contributed by atoms with Crippen LogP contribution in [0.25, 0.3) is 22.1 Å². The van der Waals surface area contributed by atoms with Crippen molar-refractivity contribution in [3.05, 3.63) is 94.3 Å². The second kappa shape index (κ2) is 8.89. The van der Waals surface area contributed by atoms with Crippen molar-refractivity contribution in [2.75, 3.05) is 11.9 Å². The molecule has 32 heavy (non-hydrogen) atoms. The van der Waals surface area contributed by atoms with E-state index in [9.17, 15) is 14.4 Å².